The van der Waals surface area contributed by atoms with Gasteiger partial charge in [-0.2, -0.15) is 0 Å². The van der Waals surface area contributed by atoms with E-state index in [1.807, 2.05) is 35.1 Å². The van der Waals surface area contributed by atoms with E-state index in [9.17, 15) is 0 Å². The van der Waals surface area contributed by atoms with E-state index in [4.69, 9.17) is 9.47 Å². The average molecular weight is 321 g/mol. The molecule has 1 aliphatic rings. The standard InChI is InChI=1S/C19H19N3O2/c1-2-4-16(5-3-1)13-22-14-17(20-21-22)8-6-15-7-9-18-19(12-15)24-11-10-23-18/h1-5,7,9,12,14H,6,8,10-11,13H2. The molecule has 0 spiro atoms. The molecule has 0 amide bonds. The minimum Gasteiger partial charge on any atom is -0.486 e. The third-order valence-electron chi connectivity index (χ3n) is 4.05. The number of aromatic nitrogens is 3. The molecule has 122 valence electrons. The van der Waals surface area contributed by atoms with Gasteiger partial charge in [-0.15, -0.1) is 5.10 Å². The lowest BCUT2D eigenvalue weighted by atomic mass is 10.1. The molecule has 0 aliphatic carbocycles. The van der Waals surface area contributed by atoms with Gasteiger partial charge >= 0.3 is 0 Å². The minimum absolute atomic E-state index is 0.615. The lowest BCUT2D eigenvalue weighted by molar-refractivity contribution is 0.171. The Balaban J connectivity index is 1.38. The first-order valence-electron chi connectivity index (χ1n) is 8.18. The smallest absolute Gasteiger partial charge is 0.161 e. The molecule has 5 nitrogen and oxygen atoms in total. The van der Waals surface area contributed by atoms with Gasteiger partial charge in [-0.1, -0.05) is 41.6 Å². The van der Waals surface area contributed by atoms with Crippen molar-refractivity contribution < 1.29 is 9.47 Å². The number of hydrogen-bond acceptors (Lipinski definition) is 4. The SMILES string of the molecule is c1ccc(Cn2cc(CCc3ccc4c(c3)OCCO4)nn2)cc1. The third kappa shape index (κ3) is 3.40. The molecule has 0 saturated heterocycles. The van der Waals surface area contributed by atoms with Crippen molar-refractivity contribution in [2.75, 3.05) is 13.2 Å². The first-order valence-corrected chi connectivity index (χ1v) is 8.18. The van der Waals surface area contributed by atoms with Gasteiger partial charge in [0.2, 0.25) is 0 Å². The Morgan fingerprint density at radius 1 is 0.875 bits per heavy atom. The summed E-state index contributed by atoms with van der Waals surface area (Å²) >= 11 is 0. The van der Waals surface area contributed by atoms with Crippen LogP contribution in [-0.4, -0.2) is 28.2 Å². The maximum Gasteiger partial charge on any atom is 0.161 e. The Morgan fingerprint density at radius 3 is 2.58 bits per heavy atom. The van der Waals surface area contributed by atoms with Crippen molar-refractivity contribution in [1.82, 2.24) is 15.0 Å². The van der Waals surface area contributed by atoms with Gasteiger partial charge in [0.1, 0.15) is 13.2 Å². The van der Waals surface area contributed by atoms with Crippen LogP contribution in [0.3, 0.4) is 0 Å². The first kappa shape index (κ1) is 14.8. The van der Waals surface area contributed by atoms with Crippen LogP contribution in [0.1, 0.15) is 16.8 Å². The van der Waals surface area contributed by atoms with Crippen molar-refractivity contribution >= 4 is 0 Å². The van der Waals surface area contributed by atoms with Crippen molar-refractivity contribution in [2.45, 2.75) is 19.4 Å². The molecule has 0 fully saturated rings. The molecular formula is C19H19N3O2. The van der Waals surface area contributed by atoms with Crippen molar-refractivity contribution in [3.63, 3.8) is 0 Å². The number of hydrogen-bond donors (Lipinski definition) is 0. The Labute approximate surface area is 140 Å². The van der Waals surface area contributed by atoms with Crippen molar-refractivity contribution in [3.05, 3.63) is 71.5 Å². The quantitative estimate of drug-likeness (QED) is 0.725. The summed E-state index contributed by atoms with van der Waals surface area (Å²) in [5, 5.41) is 8.49. The number of aryl methyl sites for hydroxylation is 2. The molecule has 1 aliphatic heterocycles. The molecule has 0 unspecified atom stereocenters. The van der Waals surface area contributed by atoms with E-state index in [2.05, 4.69) is 34.6 Å². The molecule has 4 rings (SSSR count). The molecule has 0 atom stereocenters. The normalized spacial score (nSPS) is 13.0. The topological polar surface area (TPSA) is 49.2 Å². The second kappa shape index (κ2) is 6.74. The molecule has 2 aromatic carbocycles. The van der Waals surface area contributed by atoms with E-state index < -0.39 is 0 Å². The van der Waals surface area contributed by atoms with Gasteiger partial charge in [-0.05, 0) is 36.1 Å². The van der Waals surface area contributed by atoms with Crippen LogP contribution in [0.4, 0.5) is 0 Å². The van der Waals surface area contributed by atoms with Crippen LogP contribution in [0.25, 0.3) is 0 Å². The van der Waals surface area contributed by atoms with Gasteiger partial charge in [-0.3, -0.25) is 0 Å². The van der Waals surface area contributed by atoms with Gasteiger partial charge < -0.3 is 9.47 Å². The summed E-state index contributed by atoms with van der Waals surface area (Å²) in [5.41, 5.74) is 3.44. The molecule has 0 bridgehead atoms. The van der Waals surface area contributed by atoms with Gasteiger partial charge in [0.15, 0.2) is 11.5 Å². The van der Waals surface area contributed by atoms with Crippen LogP contribution in [0.15, 0.2) is 54.7 Å². The fourth-order valence-electron chi connectivity index (χ4n) is 2.82. The zero-order valence-corrected chi connectivity index (χ0v) is 13.4. The highest BCUT2D eigenvalue weighted by Gasteiger charge is 2.12. The number of benzene rings is 2. The average Bonchev–Trinajstić information content (AvgIpc) is 3.08. The first-order chi connectivity index (χ1) is 11.9. The van der Waals surface area contributed by atoms with E-state index in [1.54, 1.807) is 0 Å². The van der Waals surface area contributed by atoms with E-state index in [0.29, 0.717) is 13.2 Å². The van der Waals surface area contributed by atoms with E-state index >= 15 is 0 Å². The van der Waals surface area contributed by atoms with Crippen molar-refractivity contribution in [1.29, 1.82) is 0 Å². The van der Waals surface area contributed by atoms with Crippen LogP contribution in [0.5, 0.6) is 11.5 Å². The number of nitrogens with zero attached hydrogens (tertiary/aromatic N) is 3. The summed E-state index contributed by atoms with van der Waals surface area (Å²) in [4.78, 5) is 0. The van der Waals surface area contributed by atoms with Crippen LogP contribution in [0, 0.1) is 0 Å². The molecule has 0 saturated carbocycles. The zero-order chi connectivity index (χ0) is 16.2. The zero-order valence-electron chi connectivity index (χ0n) is 13.4. The van der Waals surface area contributed by atoms with Crippen LogP contribution < -0.4 is 9.47 Å². The fraction of sp³-hybridized carbons (Fsp3) is 0.263. The number of fused-ring (bicyclic) bond motifs is 1. The summed E-state index contributed by atoms with van der Waals surface area (Å²) in [6.45, 7) is 1.99. The maximum absolute atomic E-state index is 5.63. The Morgan fingerprint density at radius 2 is 1.71 bits per heavy atom. The van der Waals surface area contributed by atoms with Gasteiger partial charge in [0, 0.05) is 6.20 Å². The monoisotopic (exact) mass is 321 g/mol. The second-order valence-electron chi connectivity index (χ2n) is 5.87. The molecular weight excluding hydrogens is 302 g/mol. The Hall–Kier alpha value is -2.82. The fourth-order valence-corrected chi connectivity index (χ4v) is 2.82. The van der Waals surface area contributed by atoms with Crippen LogP contribution >= 0.6 is 0 Å². The van der Waals surface area contributed by atoms with Crippen LogP contribution in [0.2, 0.25) is 0 Å². The predicted octanol–water partition coefficient (Wildman–Crippen LogP) is 2.88. The highest BCUT2D eigenvalue weighted by atomic mass is 16.6. The largest absolute Gasteiger partial charge is 0.486 e. The van der Waals surface area contributed by atoms with Crippen LogP contribution in [-0.2, 0) is 19.4 Å². The molecule has 0 N–H and O–H groups in total. The Kier molecular flexibility index (Phi) is 4.14. The summed E-state index contributed by atoms with van der Waals surface area (Å²) in [6, 6.07) is 16.4. The van der Waals surface area contributed by atoms with E-state index in [-0.39, 0.29) is 0 Å². The highest BCUT2D eigenvalue weighted by molar-refractivity contribution is 5.43. The summed E-state index contributed by atoms with van der Waals surface area (Å²) < 4.78 is 13.1. The molecule has 3 aromatic rings. The molecule has 0 radical (unpaired) electrons. The lowest BCUT2D eigenvalue weighted by Gasteiger charge is -2.18. The van der Waals surface area contributed by atoms with Crippen molar-refractivity contribution in [3.8, 4) is 11.5 Å². The van der Waals surface area contributed by atoms with E-state index in [1.165, 1.54) is 11.1 Å². The number of rotatable bonds is 5. The molecule has 5 heteroatoms. The summed E-state index contributed by atoms with van der Waals surface area (Å²) in [5.74, 6) is 1.67. The lowest BCUT2D eigenvalue weighted by Crippen LogP contribution is -2.15. The number of ether oxygens (including phenoxy) is 2. The third-order valence-corrected chi connectivity index (χ3v) is 4.05. The maximum atomic E-state index is 5.63. The molecule has 2 heterocycles. The summed E-state index contributed by atoms with van der Waals surface area (Å²) in [6.07, 6.45) is 3.78. The van der Waals surface area contributed by atoms with Gasteiger partial charge in [0.05, 0.1) is 12.2 Å². The van der Waals surface area contributed by atoms with E-state index in [0.717, 1.165) is 36.6 Å². The second-order valence-corrected chi connectivity index (χ2v) is 5.87. The highest BCUT2D eigenvalue weighted by Crippen LogP contribution is 2.31. The van der Waals surface area contributed by atoms with Gasteiger partial charge in [-0.25, -0.2) is 4.68 Å². The minimum atomic E-state index is 0.615. The predicted molar refractivity (Wildman–Crippen MR) is 90.4 cm³/mol. The Bertz CT molecular complexity index is 814. The van der Waals surface area contributed by atoms with Crippen molar-refractivity contribution in [2.24, 2.45) is 0 Å². The molecule has 24 heavy (non-hydrogen) atoms. The summed E-state index contributed by atoms with van der Waals surface area (Å²) in [7, 11) is 0. The molecule has 1 aromatic heterocycles. The van der Waals surface area contributed by atoms with Gasteiger partial charge in [0.25, 0.3) is 0 Å².